The highest BCUT2D eigenvalue weighted by molar-refractivity contribution is 5.26. The number of rotatable bonds is 8. The van der Waals surface area contributed by atoms with Crippen LogP contribution in [0.4, 0.5) is 17.6 Å². The van der Waals surface area contributed by atoms with Crippen molar-refractivity contribution in [3.63, 3.8) is 0 Å². The second-order valence-electron chi connectivity index (χ2n) is 4.36. The predicted molar refractivity (Wildman–Crippen MR) is 67.0 cm³/mol. The number of pyridine rings is 1. The lowest BCUT2D eigenvalue weighted by Crippen LogP contribution is -2.16. The van der Waals surface area contributed by atoms with E-state index in [0.717, 1.165) is 19.2 Å². The van der Waals surface area contributed by atoms with Crippen molar-refractivity contribution in [2.75, 3.05) is 13.2 Å². The summed E-state index contributed by atoms with van der Waals surface area (Å²) < 4.78 is 54.3. The van der Waals surface area contributed by atoms with Gasteiger partial charge in [-0.2, -0.15) is 13.2 Å². The molecule has 0 fully saturated rings. The molecule has 0 spiro atoms. The Morgan fingerprint density at radius 3 is 2.75 bits per heavy atom. The zero-order chi connectivity index (χ0) is 15.0. The molecule has 3 nitrogen and oxygen atoms in total. The third-order valence-electron chi connectivity index (χ3n) is 2.48. The lowest BCUT2D eigenvalue weighted by atomic mass is 10.2. The first-order valence-electron chi connectivity index (χ1n) is 6.47. The van der Waals surface area contributed by atoms with E-state index >= 15 is 0 Å². The average molecular weight is 294 g/mol. The van der Waals surface area contributed by atoms with E-state index in [0.29, 0.717) is 12.1 Å². The topological polar surface area (TPSA) is 34.2 Å². The Bertz CT molecular complexity index is 410. The van der Waals surface area contributed by atoms with Crippen molar-refractivity contribution in [1.29, 1.82) is 0 Å². The molecule has 1 N–H and O–H groups in total. The monoisotopic (exact) mass is 294 g/mol. The van der Waals surface area contributed by atoms with Gasteiger partial charge in [0.05, 0.1) is 12.8 Å². The molecule has 1 heterocycles. The van der Waals surface area contributed by atoms with Gasteiger partial charge in [-0.3, -0.25) is 0 Å². The fraction of sp³-hybridized carbons (Fsp3) is 0.615. The summed E-state index contributed by atoms with van der Waals surface area (Å²) in [7, 11) is 0. The summed E-state index contributed by atoms with van der Waals surface area (Å²) in [4.78, 5) is 3.77. The second-order valence-corrected chi connectivity index (χ2v) is 4.36. The zero-order valence-corrected chi connectivity index (χ0v) is 11.3. The maximum atomic E-state index is 13.1. The van der Waals surface area contributed by atoms with E-state index in [1.165, 1.54) is 6.07 Å². The third kappa shape index (κ3) is 6.70. The van der Waals surface area contributed by atoms with Crippen LogP contribution in [-0.2, 0) is 6.54 Å². The summed E-state index contributed by atoms with van der Waals surface area (Å²) in [6, 6.07) is 1.27. The van der Waals surface area contributed by atoms with Crippen LogP contribution in [0.25, 0.3) is 0 Å². The minimum Gasteiger partial charge on any atom is -0.477 e. The predicted octanol–water partition coefficient (Wildman–Crippen LogP) is 3.44. The molecule has 0 aromatic carbocycles. The van der Waals surface area contributed by atoms with E-state index in [1.807, 2.05) is 6.92 Å². The standard InChI is InChI=1S/C13H18F4N2O/c1-2-5-18-8-10-7-11(14)9-19-12(10)20-6-3-4-13(15,16)17/h7,9,18H,2-6,8H2,1H3. The number of ether oxygens (including phenoxy) is 1. The largest absolute Gasteiger partial charge is 0.477 e. The maximum Gasteiger partial charge on any atom is 0.389 e. The van der Waals surface area contributed by atoms with Crippen molar-refractivity contribution >= 4 is 0 Å². The third-order valence-corrected chi connectivity index (χ3v) is 2.48. The Labute approximate surface area is 115 Å². The molecule has 0 saturated heterocycles. The first kappa shape index (κ1) is 16.7. The van der Waals surface area contributed by atoms with Crippen LogP contribution in [0.1, 0.15) is 31.7 Å². The number of aromatic nitrogens is 1. The van der Waals surface area contributed by atoms with Gasteiger partial charge in [-0.1, -0.05) is 6.92 Å². The van der Waals surface area contributed by atoms with E-state index in [4.69, 9.17) is 4.74 Å². The Balaban J connectivity index is 2.51. The Morgan fingerprint density at radius 2 is 2.10 bits per heavy atom. The van der Waals surface area contributed by atoms with Crippen molar-refractivity contribution in [3.05, 3.63) is 23.6 Å². The number of hydrogen-bond acceptors (Lipinski definition) is 3. The summed E-state index contributed by atoms with van der Waals surface area (Å²) in [5.41, 5.74) is 0.505. The van der Waals surface area contributed by atoms with Gasteiger partial charge in [0.1, 0.15) is 5.82 Å². The number of hydrogen-bond donors (Lipinski definition) is 1. The Kier molecular flexibility index (Phi) is 6.70. The molecule has 114 valence electrons. The number of nitrogens with one attached hydrogen (secondary N) is 1. The van der Waals surface area contributed by atoms with Gasteiger partial charge in [-0.05, 0) is 25.5 Å². The fourth-order valence-electron chi connectivity index (χ4n) is 1.57. The van der Waals surface area contributed by atoms with Crippen molar-refractivity contribution < 1.29 is 22.3 Å². The van der Waals surface area contributed by atoms with Gasteiger partial charge in [0.15, 0.2) is 0 Å². The van der Waals surface area contributed by atoms with Gasteiger partial charge < -0.3 is 10.1 Å². The highest BCUT2D eigenvalue weighted by Gasteiger charge is 2.26. The first-order valence-corrected chi connectivity index (χ1v) is 6.47. The van der Waals surface area contributed by atoms with Gasteiger partial charge in [0, 0.05) is 18.5 Å². The number of nitrogens with zero attached hydrogens (tertiary/aromatic N) is 1. The lowest BCUT2D eigenvalue weighted by molar-refractivity contribution is -0.136. The molecular formula is C13H18F4N2O. The summed E-state index contributed by atoms with van der Waals surface area (Å²) >= 11 is 0. The molecule has 7 heteroatoms. The van der Waals surface area contributed by atoms with E-state index in [-0.39, 0.29) is 18.9 Å². The molecule has 0 aliphatic rings. The van der Waals surface area contributed by atoms with Crippen molar-refractivity contribution in [1.82, 2.24) is 10.3 Å². The minimum atomic E-state index is -4.19. The summed E-state index contributed by atoms with van der Waals surface area (Å²) in [6.45, 7) is 3.02. The molecular weight excluding hydrogens is 276 g/mol. The smallest absolute Gasteiger partial charge is 0.389 e. The number of alkyl halides is 3. The van der Waals surface area contributed by atoms with E-state index < -0.39 is 18.4 Å². The molecule has 1 aromatic rings. The van der Waals surface area contributed by atoms with E-state index in [9.17, 15) is 17.6 Å². The molecule has 0 amide bonds. The molecule has 0 atom stereocenters. The molecule has 0 aliphatic carbocycles. The van der Waals surface area contributed by atoms with Crippen LogP contribution in [-0.4, -0.2) is 24.3 Å². The van der Waals surface area contributed by atoms with Crippen LogP contribution in [0, 0.1) is 5.82 Å². The van der Waals surface area contributed by atoms with E-state index in [2.05, 4.69) is 10.3 Å². The van der Waals surface area contributed by atoms with Gasteiger partial charge >= 0.3 is 6.18 Å². The molecule has 20 heavy (non-hydrogen) atoms. The van der Waals surface area contributed by atoms with Crippen LogP contribution in [0.2, 0.25) is 0 Å². The van der Waals surface area contributed by atoms with Crippen molar-refractivity contribution in [3.8, 4) is 5.88 Å². The van der Waals surface area contributed by atoms with Crippen molar-refractivity contribution in [2.45, 2.75) is 38.9 Å². The molecule has 1 rings (SSSR count). The summed E-state index contributed by atoms with van der Waals surface area (Å²) in [5.74, 6) is -0.321. The summed E-state index contributed by atoms with van der Waals surface area (Å²) in [6.07, 6.45) is -3.33. The fourth-order valence-corrected chi connectivity index (χ4v) is 1.57. The highest BCUT2D eigenvalue weighted by atomic mass is 19.4. The average Bonchev–Trinajstić information content (AvgIpc) is 2.36. The quantitative estimate of drug-likeness (QED) is 0.589. The molecule has 0 radical (unpaired) electrons. The second kappa shape index (κ2) is 8.04. The van der Waals surface area contributed by atoms with Crippen LogP contribution in [0.5, 0.6) is 5.88 Å². The molecule has 0 bridgehead atoms. The SMILES string of the molecule is CCCNCc1cc(F)cnc1OCCCC(F)(F)F. The lowest BCUT2D eigenvalue weighted by Gasteiger charge is -2.11. The van der Waals surface area contributed by atoms with Crippen LogP contribution < -0.4 is 10.1 Å². The minimum absolute atomic E-state index is 0.0983. The molecule has 0 aliphatic heterocycles. The van der Waals surface area contributed by atoms with E-state index in [1.54, 1.807) is 0 Å². The summed E-state index contributed by atoms with van der Waals surface area (Å²) in [5, 5.41) is 3.07. The van der Waals surface area contributed by atoms with Crippen LogP contribution in [0.3, 0.4) is 0 Å². The van der Waals surface area contributed by atoms with Gasteiger partial charge in [-0.15, -0.1) is 0 Å². The zero-order valence-electron chi connectivity index (χ0n) is 11.3. The molecule has 0 saturated carbocycles. The normalized spacial score (nSPS) is 11.7. The Morgan fingerprint density at radius 1 is 1.35 bits per heavy atom. The van der Waals surface area contributed by atoms with Gasteiger partial charge in [-0.25, -0.2) is 9.37 Å². The highest BCUT2D eigenvalue weighted by Crippen LogP contribution is 2.22. The van der Waals surface area contributed by atoms with Gasteiger partial charge in [0.2, 0.25) is 5.88 Å². The number of halogens is 4. The molecule has 0 unspecified atom stereocenters. The maximum absolute atomic E-state index is 13.1. The van der Waals surface area contributed by atoms with Gasteiger partial charge in [0.25, 0.3) is 0 Å². The van der Waals surface area contributed by atoms with Crippen molar-refractivity contribution in [2.24, 2.45) is 0 Å². The molecule has 1 aromatic heterocycles. The Hall–Kier alpha value is -1.37. The van der Waals surface area contributed by atoms with Crippen LogP contribution >= 0.6 is 0 Å². The first-order chi connectivity index (χ1) is 9.42. The van der Waals surface area contributed by atoms with Crippen LogP contribution in [0.15, 0.2) is 12.3 Å².